The Morgan fingerprint density at radius 3 is 1.34 bits per heavy atom. The fraction of sp³-hybridized carbons (Fsp3) is 0.672. The normalized spacial score (nSPS) is 19.1. The molecule has 3 N–H and O–H groups in total. The van der Waals surface area contributed by atoms with Crippen molar-refractivity contribution >= 4 is 23.9 Å². The van der Waals surface area contributed by atoms with Crippen molar-refractivity contribution in [3.05, 3.63) is 97.2 Å². The first-order chi connectivity index (χ1) is 35.6. The molecule has 1 aliphatic rings. The van der Waals surface area contributed by atoms with Crippen molar-refractivity contribution in [3.8, 4) is 0 Å². The third-order valence-corrected chi connectivity index (χ3v) is 12.2. The smallest absolute Gasteiger partial charge is 0.335 e. The topological polar surface area (TPSA) is 175 Å². The molecule has 0 radical (unpaired) electrons. The van der Waals surface area contributed by atoms with E-state index in [0.717, 1.165) is 128 Å². The zero-order valence-electron chi connectivity index (χ0n) is 45.3. The molecule has 1 saturated heterocycles. The number of ether oxygens (including phenoxy) is 5. The van der Waals surface area contributed by atoms with Crippen LogP contribution in [0.3, 0.4) is 0 Å². The van der Waals surface area contributed by atoms with Gasteiger partial charge in [-0.15, -0.1) is 0 Å². The summed E-state index contributed by atoms with van der Waals surface area (Å²) in [7, 11) is 0. The van der Waals surface area contributed by atoms with Crippen LogP contribution in [0.4, 0.5) is 0 Å². The molecular weight excluding hydrogens is 925 g/mol. The van der Waals surface area contributed by atoms with Crippen molar-refractivity contribution in [1.82, 2.24) is 0 Å². The van der Waals surface area contributed by atoms with Gasteiger partial charge in [-0.2, -0.15) is 0 Å². The SMILES string of the molecule is CC/C=C\C/C=C\C/C=C\C/C=C\CCCCCCCCC(=O)OCC(COC1OC(C(=O)O)C(O)C(O)C1OC(=O)CCCCCCCCCCC)OC(=O)CCCC/C=C\C/C=C\C/C=C\C/C=C\CC. The molecule has 6 atom stereocenters. The number of esters is 3. The molecule has 12 nitrogen and oxygen atoms in total. The van der Waals surface area contributed by atoms with Crippen molar-refractivity contribution in [2.75, 3.05) is 13.2 Å². The monoisotopic (exact) mass is 1020 g/mol. The lowest BCUT2D eigenvalue weighted by Gasteiger charge is -2.40. The van der Waals surface area contributed by atoms with E-state index in [9.17, 15) is 34.5 Å². The van der Waals surface area contributed by atoms with Gasteiger partial charge >= 0.3 is 23.9 Å². The van der Waals surface area contributed by atoms with E-state index >= 15 is 0 Å². The van der Waals surface area contributed by atoms with E-state index in [1.807, 2.05) is 0 Å². The van der Waals surface area contributed by atoms with E-state index in [1.54, 1.807) is 0 Å². The Hall–Kier alpha value is -4.36. The summed E-state index contributed by atoms with van der Waals surface area (Å²) in [5, 5.41) is 31.3. The van der Waals surface area contributed by atoms with Crippen LogP contribution in [0.1, 0.15) is 213 Å². The molecule has 0 aliphatic carbocycles. The van der Waals surface area contributed by atoms with Crippen LogP contribution in [-0.4, -0.2) is 89.2 Å². The van der Waals surface area contributed by atoms with Gasteiger partial charge in [0.25, 0.3) is 0 Å². The van der Waals surface area contributed by atoms with Crippen LogP contribution in [0.5, 0.6) is 0 Å². The van der Waals surface area contributed by atoms with Crippen LogP contribution in [0, 0.1) is 0 Å². The van der Waals surface area contributed by atoms with Gasteiger partial charge in [0.1, 0.15) is 18.8 Å². The summed E-state index contributed by atoms with van der Waals surface area (Å²) in [6.07, 6.45) is 51.2. The van der Waals surface area contributed by atoms with Gasteiger partial charge in [0.15, 0.2) is 24.6 Å². The van der Waals surface area contributed by atoms with Crippen LogP contribution in [0.15, 0.2) is 97.2 Å². The summed E-state index contributed by atoms with van der Waals surface area (Å²) in [6.45, 7) is 5.67. The Morgan fingerprint density at radius 2 is 0.863 bits per heavy atom. The van der Waals surface area contributed by atoms with Crippen molar-refractivity contribution in [2.45, 2.75) is 250 Å². The number of allylic oxidation sites excluding steroid dienone is 16. The highest BCUT2D eigenvalue weighted by molar-refractivity contribution is 5.74. The van der Waals surface area contributed by atoms with E-state index in [0.29, 0.717) is 19.3 Å². The molecule has 0 aromatic carbocycles. The minimum Gasteiger partial charge on any atom is -0.479 e. The summed E-state index contributed by atoms with van der Waals surface area (Å²) in [5.74, 6) is -3.21. The highest BCUT2D eigenvalue weighted by Crippen LogP contribution is 2.26. The van der Waals surface area contributed by atoms with Crippen LogP contribution >= 0.6 is 0 Å². The molecule has 0 aromatic rings. The lowest BCUT2D eigenvalue weighted by atomic mass is 9.98. The Labute approximate surface area is 441 Å². The second-order valence-electron chi connectivity index (χ2n) is 18.8. The van der Waals surface area contributed by atoms with Gasteiger partial charge in [-0.3, -0.25) is 14.4 Å². The lowest BCUT2D eigenvalue weighted by Crippen LogP contribution is -2.61. The highest BCUT2D eigenvalue weighted by Gasteiger charge is 2.50. The molecule has 0 aromatic heterocycles. The number of aliphatic hydroxyl groups excluding tert-OH is 2. The summed E-state index contributed by atoms with van der Waals surface area (Å²) in [6, 6.07) is 0. The number of carbonyl (C=O) groups is 4. The number of aliphatic hydroxyl groups is 2. The number of unbranched alkanes of at least 4 members (excludes halogenated alkanes) is 16. The molecule has 414 valence electrons. The molecule has 1 aliphatic heterocycles. The molecule has 12 heteroatoms. The maximum Gasteiger partial charge on any atom is 0.335 e. The molecule has 0 bridgehead atoms. The standard InChI is InChI=1S/C61H98O12/c1-4-7-10-13-16-19-21-23-25-26-27-28-30-31-33-36-38-41-44-47-53(62)69-50-52(71-54(63)48-45-42-40-37-34-32-29-24-22-20-17-14-11-8-5-2)51-70-61-59(57(66)56(65)58(73-61)60(67)68)72-55(64)49-46-43-39-35-18-15-12-9-6-3/h7-8,10-11,16-17,19-20,23-25,27-29,34,37,52,56-59,61,65-66H,4-6,9,12-15,18,21-22,26,30-33,35-36,38-51H2,1-3H3,(H,67,68)/b10-7-,11-8-,19-16-,20-17-,25-23-,28-27-,29-24-,37-34-. The summed E-state index contributed by atoms with van der Waals surface area (Å²) in [5.41, 5.74) is 0. The minimum absolute atomic E-state index is 0.0510. The van der Waals surface area contributed by atoms with Gasteiger partial charge in [-0.05, 0) is 96.3 Å². The predicted octanol–water partition coefficient (Wildman–Crippen LogP) is 14.1. The first kappa shape index (κ1) is 66.7. The van der Waals surface area contributed by atoms with Gasteiger partial charge < -0.3 is 39.0 Å². The molecule has 1 fully saturated rings. The van der Waals surface area contributed by atoms with Gasteiger partial charge in [0.05, 0.1) is 6.61 Å². The molecule has 1 heterocycles. The van der Waals surface area contributed by atoms with Crippen LogP contribution in [-0.2, 0) is 42.9 Å². The largest absolute Gasteiger partial charge is 0.479 e. The van der Waals surface area contributed by atoms with E-state index in [-0.39, 0.29) is 25.9 Å². The molecule has 0 amide bonds. The summed E-state index contributed by atoms with van der Waals surface area (Å²) in [4.78, 5) is 50.9. The zero-order chi connectivity index (χ0) is 53.3. The third kappa shape index (κ3) is 38.8. The highest BCUT2D eigenvalue weighted by atomic mass is 16.7. The van der Waals surface area contributed by atoms with Gasteiger partial charge in [-0.1, -0.05) is 195 Å². The number of hydrogen-bond acceptors (Lipinski definition) is 11. The Bertz CT molecular complexity index is 1640. The van der Waals surface area contributed by atoms with E-state index < -0.39 is 67.3 Å². The number of rotatable bonds is 46. The van der Waals surface area contributed by atoms with Crippen molar-refractivity contribution < 1.29 is 58.2 Å². The molecule has 0 spiro atoms. The minimum atomic E-state index is -1.91. The first-order valence-corrected chi connectivity index (χ1v) is 28.2. The second kappa shape index (κ2) is 48.6. The third-order valence-electron chi connectivity index (χ3n) is 12.2. The number of aliphatic carboxylic acids is 1. The van der Waals surface area contributed by atoms with E-state index in [2.05, 4.69) is 118 Å². The van der Waals surface area contributed by atoms with Crippen LogP contribution in [0.2, 0.25) is 0 Å². The Balaban J connectivity index is 2.72. The van der Waals surface area contributed by atoms with Crippen LogP contribution in [0.25, 0.3) is 0 Å². The summed E-state index contributed by atoms with van der Waals surface area (Å²) >= 11 is 0. The number of hydrogen-bond donors (Lipinski definition) is 3. The Morgan fingerprint density at radius 1 is 0.466 bits per heavy atom. The van der Waals surface area contributed by atoms with Crippen molar-refractivity contribution in [1.29, 1.82) is 0 Å². The average molecular weight is 1020 g/mol. The fourth-order valence-electron chi connectivity index (χ4n) is 7.88. The van der Waals surface area contributed by atoms with Gasteiger partial charge in [0, 0.05) is 19.3 Å². The van der Waals surface area contributed by atoms with E-state index in [4.69, 9.17) is 23.7 Å². The maximum absolute atomic E-state index is 13.1. The molecule has 1 rings (SSSR count). The second-order valence-corrected chi connectivity index (χ2v) is 18.8. The number of carbonyl (C=O) groups excluding carboxylic acids is 3. The van der Waals surface area contributed by atoms with Crippen molar-refractivity contribution in [2.24, 2.45) is 0 Å². The Kier molecular flexibility index (Phi) is 44.4. The molecular formula is C61H98O12. The predicted molar refractivity (Wildman–Crippen MR) is 294 cm³/mol. The quantitative estimate of drug-likeness (QED) is 0.0228. The zero-order valence-corrected chi connectivity index (χ0v) is 45.3. The molecule has 6 unspecified atom stereocenters. The van der Waals surface area contributed by atoms with Crippen LogP contribution < -0.4 is 0 Å². The van der Waals surface area contributed by atoms with Gasteiger partial charge in [-0.25, -0.2) is 4.79 Å². The van der Waals surface area contributed by atoms with Gasteiger partial charge in [0.2, 0.25) is 0 Å². The van der Waals surface area contributed by atoms with Crippen molar-refractivity contribution in [3.63, 3.8) is 0 Å². The fourth-order valence-corrected chi connectivity index (χ4v) is 7.88. The van der Waals surface area contributed by atoms with E-state index in [1.165, 1.54) is 25.7 Å². The number of carboxylic acid groups (broad SMARTS) is 1. The lowest BCUT2D eigenvalue weighted by molar-refractivity contribution is -0.301. The molecule has 73 heavy (non-hydrogen) atoms. The molecule has 0 saturated carbocycles. The maximum atomic E-state index is 13.1. The average Bonchev–Trinajstić information content (AvgIpc) is 3.37. The summed E-state index contributed by atoms with van der Waals surface area (Å²) < 4.78 is 28.3. The first-order valence-electron chi connectivity index (χ1n) is 28.2. The number of carboxylic acids is 1.